The Labute approximate surface area is 183 Å². The fourth-order valence-electron chi connectivity index (χ4n) is 3.11. The molecule has 5 nitrogen and oxygen atoms in total. The Kier molecular flexibility index (Phi) is 8.40. The van der Waals surface area contributed by atoms with Crippen LogP contribution in [0.1, 0.15) is 29.5 Å². The molecular weight excluding hydrogens is 388 g/mol. The number of nitrogens with one attached hydrogen (secondary N) is 2. The van der Waals surface area contributed by atoms with Crippen molar-refractivity contribution in [3.8, 4) is 11.1 Å². The predicted molar refractivity (Wildman–Crippen MR) is 124 cm³/mol. The van der Waals surface area contributed by atoms with Gasteiger partial charge in [0, 0.05) is 13.0 Å². The van der Waals surface area contributed by atoms with Crippen LogP contribution in [0.2, 0.25) is 0 Å². The molecule has 0 saturated heterocycles. The Morgan fingerprint density at radius 3 is 2.19 bits per heavy atom. The number of carbonyl (C=O) groups is 1. The zero-order chi connectivity index (χ0) is 21.9. The van der Waals surface area contributed by atoms with Gasteiger partial charge in [0.25, 0.3) is 0 Å². The van der Waals surface area contributed by atoms with E-state index >= 15 is 0 Å². The van der Waals surface area contributed by atoms with E-state index in [1.165, 1.54) is 11.1 Å². The number of carboxylic acids is 1. The molecule has 5 heteroatoms. The number of hydrogen-bond acceptors (Lipinski definition) is 4. The summed E-state index contributed by atoms with van der Waals surface area (Å²) in [5, 5.41) is 11.9. The second-order valence-electron chi connectivity index (χ2n) is 7.30. The molecule has 0 aliphatic heterocycles. The monoisotopic (exact) mass is 416 g/mol. The predicted octanol–water partition coefficient (Wildman–Crippen LogP) is 5.00. The molecular formula is C26H28N2O3. The van der Waals surface area contributed by atoms with E-state index in [1.807, 2.05) is 42.5 Å². The highest BCUT2D eigenvalue weighted by Gasteiger charge is 2.02. The average molecular weight is 417 g/mol. The smallest absolute Gasteiger partial charge is 0.303 e. The van der Waals surface area contributed by atoms with Crippen molar-refractivity contribution in [2.24, 2.45) is 0 Å². The van der Waals surface area contributed by atoms with E-state index in [4.69, 9.17) is 9.94 Å². The molecule has 3 rings (SSSR count). The lowest BCUT2D eigenvalue weighted by Crippen LogP contribution is -2.16. The lowest BCUT2D eigenvalue weighted by atomic mass is 10.0. The minimum Gasteiger partial charge on any atom is -0.481 e. The summed E-state index contributed by atoms with van der Waals surface area (Å²) in [6, 6.07) is 26.6. The van der Waals surface area contributed by atoms with E-state index in [1.54, 1.807) is 0 Å². The molecule has 0 spiro atoms. The highest BCUT2D eigenvalue weighted by atomic mass is 16.6. The van der Waals surface area contributed by atoms with Gasteiger partial charge >= 0.3 is 5.97 Å². The zero-order valence-corrected chi connectivity index (χ0v) is 17.5. The molecule has 31 heavy (non-hydrogen) atoms. The van der Waals surface area contributed by atoms with Gasteiger partial charge in [-0.2, -0.15) is 0 Å². The Balaban J connectivity index is 1.40. The minimum atomic E-state index is -0.761. The van der Waals surface area contributed by atoms with Crippen LogP contribution in [0.15, 0.2) is 85.4 Å². The number of carboxylic acid groups (broad SMARTS) is 1. The molecule has 160 valence electrons. The largest absolute Gasteiger partial charge is 0.481 e. The summed E-state index contributed by atoms with van der Waals surface area (Å²) in [7, 11) is 0. The van der Waals surface area contributed by atoms with Crippen LogP contribution in [0.5, 0.6) is 0 Å². The lowest BCUT2D eigenvalue weighted by molar-refractivity contribution is -0.137. The van der Waals surface area contributed by atoms with Crippen LogP contribution in [0.4, 0.5) is 0 Å². The van der Waals surface area contributed by atoms with E-state index in [0.717, 1.165) is 16.7 Å². The number of hydrogen-bond donors (Lipinski definition) is 3. The van der Waals surface area contributed by atoms with Gasteiger partial charge in [0.05, 0.1) is 12.3 Å². The molecule has 0 fully saturated rings. The molecule has 3 aromatic carbocycles. The van der Waals surface area contributed by atoms with Crippen molar-refractivity contribution in [1.82, 2.24) is 10.8 Å². The summed E-state index contributed by atoms with van der Waals surface area (Å²) in [4.78, 5) is 16.1. The highest BCUT2D eigenvalue weighted by molar-refractivity contribution is 5.66. The number of rotatable bonds is 12. The van der Waals surface area contributed by atoms with E-state index in [0.29, 0.717) is 31.8 Å². The van der Waals surface area contributed by atoms with Gasteiger partial charge in [-0.25, -0.2) is 0 Å². The average Bonchev–Trinajstić information content (AvgIpc) is 2.80. The Morgan fingerprint density at radius 2 is 1.52 bits per heavy atom. The van der Waals surface area contributed by atoms with Crippen molar-refractivity contribution >= 4 is 11.7 Å². The number of benzene rings is 3. The Hall–Kier alpha value is -3.41. The maximum atomic E-state index is 10.5. The first-order chi connectivity index (χ1) is 15.1. The number of aliphatic carboxylic acids is 1. The fourth-order valence-corrected chi connectivity index (χ4v) is 3.11. The van der Waals surface area contributed by atoms with Crippen molar-refractivity contribution in [3.05, 3.63) is 102 Å². The maximum Gasteiger partial charge on any atom is 0.303 e. The molecule has 0 bridgehead atoms. The summed E-state index contributed by atoms with van der Waals surface area (Å²) >= 11 is 0. The summed E-state index contributed by atoms with van der Waals surface area (Å²) < 4.78 is 0. The van der Waals surface area contributed by atoms with Crippen LogP contribution >= 0.6 is 0 Å². The molecule has 0 amide bonds. The maximum absolute atomic E-state index is 10.5. The lowest BCUT2D eigenvalue weighted by Gasteiger charge is -2.11. The Morgan fingerprint density at radius 1 is 0.871 bits per heavy atom. The number of hydroxylamine groups is 1. The van der Waals surface area contributed by atoms with Crippen molar-refractivity contribution in [2.75, 3.05) is 6.54 Å². The first-order valence-electron chi connectivity index (χ1n) is 10.3. The molecule has 0 aliphatic rings. The Bertz CT molecular complexity index is 968. The van der Waals surface area contributed by atoms with E-state index < -0.39 is 5.97 Å². The molecule has 0 aromatic heterocycles. The van der Waals surface area contributed by atoms with Crippen molar-refractivity contribution in [3.63, 3.8) is 0 Å². The van der Waals surface area contributed by atoms with Crippen LogP contribution < -0.4 is 10.8 Å². The molecule has 0 saturated carbocycles. The van der Waals surface area contributed by atoms with E-state index in [2.05, 4.69) is 53.8 Å². The van der Waals surface area contributed by atoms with E-state index in [-0.39, 0.29) is 6.42 Å². The van der Waals surface area contributed by atoms with Crippen molar-refractivity contribution in [2.45, 2.75) is 26.0 Å². The van der Waals surface area contributed by atoms with Gasteiger partial charge < -0.3 is 10.4 Å². The summed E-state index contributed by atoms with van der Waals surface area (Å²) in [5.74, 6) is -0.761. The normalized spacial score (nSPS) is 10.6. The first-order valence-corrected chi connectivity index (χ1v) is 10.3. The second kappa shape index (κ2) is 11.7. The van der Waals surface area contributed by atoms with Crippen LogP contribution in [0, 0.1) is 0 Å². The standard InChI is InChI=1S/C26H28N2O3/c1-20(23-13-9-21(10-14-23)18-27-17-5-8-26(29)30)28-31-19-22-11-15-25(16-12-22)24-6-3-2-4-7-24/h2-4,6-7,9-16,27-28H,1,5,8,17-19H2,(H,29,30). The second-order valence-corrected chi connectivity index (χ2v) is 7.30. The zero-order valence-electron chi connectivity index (χ0n) is 17.5. The van der Waals surface area contributed by atoms with Gasteiger partial charge in [-0.15, -0.1) is 0 Å². The summed E-state index contributed by atoms with van der Waals surface area (Å²) in [6.45, 7) is 5.86. The first kappa shape index (κ1) is 22.3. The van der Waals surface area contributed by atoms with Crippen molar-refractivity contribution < 1.29 is 14.7 Å². The van der Waals surface area contributed by atoms with E-state index in [9.17, 15) is 4.79 Å². The summed E-state index contributed by atoms with van der Waals surface area (Å²) in [6.07, 6.45) is 0.815. The van der Waals surface area contributed by atoms with Crippen LogP contribution in [-0.4, -0.2) is 17.6 Å². The van der Waals surface area contributed by atoms with Gasteiger partial charge in [-0.1, -0.05) is 85.4 Å². The summed E-state index contributed by atoms with van der Waals surface area (Å²) in [5.41, 5.74) is 9.14. The molecule has 0 heterocycles. The van der Waals surface area contributed by atoms with Gasteiger partial charge in [0.2, 0.25) is 0 Å². The fraction of sp³-hybridized carbons (Fsp3) is 0.192. The van der Waals surface area contributed by atoms with Gasteiger partial charge in [-0.3, -0.25) is 15.1 Å². The topological polar surface area (TPSA) is 70.6 Å². The van der Waals surface area contributed by atoms with Gasteiger partial charge in [0.15, 0.2) is 0 Å². The van der Waals surface area contributed by atoms with Gasteiger partial charge in [0.1, 0.15) is 0 Å². The quantitative estimate of drug-likeness (QED) is 0.286. The third kappa shape index (κ3) is 7.41. The molecule has 3 N–H and O–H groups in total. The minimum absolute atomic E-state index is 0.189. The molecule has 0 atom stereocenters. The van der Waals surface area contributed by atoms with Crippen LogP contribution in [-0.2, 0) is 22.8 Å². The molecule has 0 radical (unpaired) electrons. The SMILES string of the molecule is C=C(NOCc1ccc(-c2ccccc2)cc1)c1ccc(CNCCCC(=O)O)cc1. The van der Waals surface area contributed by atoms with Gasteiger partial charge in [-0.05, 0) is 40.8 Å². The van der Waals surface area contributed by atoms with Crippen molar-refractivity contribution in [1.29, 1.82) is 0 Å². The van der Waals surface area contributed by atoms with Crippen LogP contribution in [0.3, 0.4) is 0 Å². The highest BCUT2D eigenvalue weighted by Crippen LogP contribution is 2.19. The third-order valence-corrected chi connectivity index (χ3v) is 4.87. The van der Waals surface area contributed by atoms with Crippen LogP contribution in [0.25, 0.3) is 16.8 Å². The molecule has 3 aromatic rings. The molecule has 0 aliphatic carbocycles. The third-order valence-electron chi connectivity index (χ3n) is 4.87. The molecule has 0 unspecified atom stereocenters.